The van der Waals surface area contributed by atoms with Crippen LogP contribution in [-0.2, 0) is 15.8 Å². The number of rotatable bonds is 5. The first-order valence-electron chi connectivity index (χ1n) is 6.55. The lowest BCUT2D eigenvalue weighted by Crippen LogP contribution is -2.27. The van der Waals surface area contributed by atoms with Crippen molar-refractivity contribution in [2.45, 2.75) is 31.4 Å². The van der Waals surface area contributed by atoms with Crippen LogP contribution in [-0.4, -0.2) is 15.0 Å². The number of allylic oxidation sites excluding steroid dienone is 1. The first-order chi connectivity index (χ1) is 9.46. The smallest absolute Gasteiger partial charge is 0.212 e. The molecule has 0 amide bonds. The number of benzene rings is 1. The zero-order chi connectivity index (χ0) is 14.6. The summed E-state index contributed by atoms with van der Waals surface area (Å²) in [4.78, 5) is 0. The molecule has 1 aromatic carbocycles. The molecule has 2 rings (SSSR count). The van der Waals surface area contributed by atoms with Crippen LogP contribution in [0.4, 0.5) is 0 Å². The molecule has 1 aromatic rings. The lowest BCUT2D eigenvalue weighted by atomic mass is 10.0. The number of sulfonamides is 1. The Balaban J connectivity index is 1.96. The number of halogens is 2. The van der Waals surface area contributed by atoms with Crippen LogP contribution in [0.3, 0.4) is 0 Å². The molecular formula is C14H17Cl2NO2S. The Labute approximate surface area is 130 Å². The van der Waals surface area contributed by atoms with E-state index in [0.29, 0.717) is 22.2 Å². The van der Waals surface area contributed by atoms with E-state index >= 15 is 0 Å². The first kappa shape index (κ1) is 15.8. The van der Waals surface area contributed by atoms with E-state index in [1.165, 1.54) is 12.0 Å². The molecule has 1 aliphatic carbocycles. The van der Waals surface area contributed by atoms with Crippen LogP contribution in [0, 0.1) is 0 Å². The van der Waals surface area contributed by atoms with Gasteiger partial charge in [0.05, 0.1) is 15.8 Å². The Hall–Kier alpha value is -0.550. The van der Waals surface area contributed by atoms with Crippen molar-refractivity contribution in [3.8, 4) is 0 Å². The largest absolute Gasteiger partial charge is 0.216 e. The van der Waals surface area contributed by atoms with Crippen LogP contribution in [0.1, 0.15) is 31.2 Å². The molecule has 6 heteroatoms. The number of nitrogens with one attached hydrogen (secondary N) is 1. The molecule has 0 radical (unpaired) electrons. The highest BCUT2D eigenvalue weighted by Crippen LogP contribution is 2.23. The highest BCUT2D eigenvalue weighted by atomic mass is 35.5. The van der Waals surface area contributed by atoms with Crippen molar-refractivity contribution in [1.82, 2.24) is 4.72 Å². The monoisotopic (exact) mass is 333 g/mol. The van der Waals surface area contributed by atoms with Crippen LogP contribution < -0.4 is 4.72 Å². The number of hydrogen-bond donors (Lipinski definition) is 1. The maximum atomic E-state index is 12.0. The predicted molar refractivity (Wildman–Crippen MR) is 83.6 cm³/mol. The van der Waals surface area contributed by atoms with Gasteiger partial charge in [0.15, 0.2) is 0 Å². The predicted octanol–water partition coefficient (Wildman–Crippen LogP) is 3.91. The summed E-state index contributed by atoms with van der Waals surface area (Å²) in [5, 5.41) is 0.794. The molecule has 0 heterocycles. The fraction of sp³-hybridized carbons (Fsp3) is 0.429. The second-order valence-corrected chi connectivity index (χ2v) is 7.56. The molecule has 0 atom stereocenters. The molecule has 3 nitrogen and oxygen atoms in total. The average Bonchev–Trinajstić information content (AvgIpc) is 2.42. The summed E-state index contributed by atoms with van der Waals surface area (Å²) in [5.74, 6) is -0.0861. The third-order valence-corrected chi connectivity index (χ3v) is 5.28. The summed E-state index contributed by atoms with van der Waals surface area (Å²) in [6.45, 7) is 0.406. The molecule has 20 heavy (non-hydrogen) atoms. The van der Waals surface area contributed by atoms with Gasteiger partial charge in [0.25, 0.3) is 0 Å². The van der Waals surface area contributed by atoms with Gasteiger partial charge >= 0.3 is 0 Å². The van der Waals surface area contributed by atoms with E-state index < -0.39 is 10.0 Å². The quantitative estimate of drug-likeness (QED) is 0.830. The zero-order valence-electron chi connectivity index (χ0n) is 11.0. The summed E-state index contributed by atoms with van der Waals surface area (Å²) in [5.41, 5.74) is 1.80. The Morgan fingerprint density at radius 2 is 1.95 bits per heavy atom. The Morgan fingerprint density at radius 3 is 2.60 bits per heavy atom. The molecule has 0 saturated heterocycles. The molecule has 0 bridgehead atoms. The Bertz CT molecular complexity index is 612. The lowest BCUT2D eigenvalue weighted by Gasteiger charge is -2.13. The molecule has 1 N–H and O–H groups in total. The summed E-state index contributed by atoms with van der Waals surface area (Å²) in [6.07, 6.45) is 6.49. The van der Waals surface area contributed by atoms with Gasteiger partial charge in [0.2, 0.25) is 10.0 Å². The van der Waals surface area contributed by atoms with Gasteiger partial charge in [0.1, 0.15) is 0 Å². The van der Waals surface area contributed by atoms with Crippen molar-refractivity contribution in [3.05, 3.63) is 45.5 Å². The normalized spacial score (nSPS) is 16.0. The molecule has 0 unspecified atom stereocenters. The fourth-order valence-electron chi connectivity index (χ4n) is 2.17. The van der Waals surface area contributed by atoms with Gasteiger partial charge in [-0.15, -0.1) is 0 Å². The molecule has 0 saturated carbocycles. The summed E-state index contributed by atoms with van der Waals surface area (Å²) < 4.78 is 26.7. The molecule has 0 fully saturated rings. The van der Waals surface area contributed by atoms with Gasteiger partial charge in [-0.2, -0.15) is 0 Å². The standard InChI is InChI=1S/C14H17Cl2NO2S/c15-13-7-6-12(8-14(13)16)10-20(18,19)17-9-11-4-2-1-3-5-11/h4,6-8,17H,1-3,5,9-10H2. The highest BCUT2D eigenvalue weighted by Gasteiger charge is 2.13. The first-order valence-corrected chi connectivity index (χ1v) is 8.96. The Morgan fingerprint density at radius 1 is 1.15 bits per heavy atom. The minimum Gasteiger partial charge on any atom is -0.212 e. The van der Waals surface area contributed by atoms with Crippen molar-refractivity contribution in [3.63, 3.8) is 0 Å². The topological polar surface area (TPSA) is 46.2 Å². The summed E-state index contributed by atoms with van der Waals surface area (Å²) in [6, 6.07) is 4.87. The van der Waals surface area contributed by atoms with E-state index in [1.807, 2.05) is 0 Å². The minimum atomic E-state index is -3.36. The van der Waals surface area contributed by atoms with Crippen LogP contribution >= 0.6 is 23.2 Å². The van der Waals surface area contributed by atoms with Crippen LogP contribution in [0.2, 0.25) is 10.0 Å². The Kier molecular flexibility index (Phi) is 5.49. The van der Waals surface area contributed by atoms with Gasteiger partial charge in [-0.05, 0) is 43.4 Å². The minimum absolute atomic E-state index is 0.0861. The molecule has 0 spiro atoms. The van der Waals surface area contributed by atoms with E-state index in [-0.39, 0.29) is 5.75 Å². The van der Waals surface area contributed by atoms with Crippen molar-refractivity contribution in [1.29, 1.82) is 0 Å². The van der Waals surface area contributed by atoms with Crippen molar-refractivity contribution < 1.29 is 8.42 Å². The summed E-state index contributed by atoms with van der Waals surface area (Å²) >= 11 is 11.7. The van der Waals surface area contributed by atoms with Gasteiger partial charge in [0, 0.05) is 6.54 Å². The van der Waals surface area contributed by atoms with E-state index in [1.54, 1.807) is 18.2 Å². The summed E-state index contributed by atoms with van der Waals surface area (Å²) in [7, 11) is -3.36. The molecule has 0 aliphatic heterocycles. The third kappa shape index (κ3) is 4.77. The van der Waals surface area contributed by atoms with Gasteiger partial charge < -0.3 is 0 Å². The van der Waals surface area contributed by atoms with E-state index in [9.17, 15) is 8.42 Å². The molecule has 0 aromatic heterocycles. The van der Waals surface area contributed by atoms with Gasteiger partial charge in [-0.1, -0.05) is 40.9 Å². The maximum Gasteiger partial charge on any atom is 0.216 e. The second kappa shape index (κ2) is 6.94. The van der Waals surface area contributed by atoms with Crippen molar-refractivity contribution in [2.24, 2.45) is 0 Å². The van der Waals surface area contributed by atoms with E-state index in [4.69, 9.17) is 23.2 Å². The van der Waals surface area contributed by atoms with Crippen molar-refractivity contribution in [2.75, 3.05) is 6.54 Å². The zero-order valence-corrected chi connectivity index (χ0v) is 13.4. The SMILES string of the molecule is O=S(=O)(Cc1ccc(Cl)c(Cl)c1)NCC1=CCCCC1. The molecule has 1 aliphatic rings. The highest BCUT2D eigenvalue weighted by molar-refractivity contribution is 7.88. The van der Waals surface area contributed by atoms with Crippen LogP contribution in [0.25, 0.3) is 0 Å². The van der Waals surface area contributed by atoms with Crippen LogP contribution in [0.5, 0.6) is 0 Å². The average molecular weight is 334 g/mol. The fourth-order valence-corrected chi connectivity index (χ4v) is 3.61. The van der Waals surface area contributed by atoms with E-state index in [2.05, 4.69) is 10.8 Å². The van der Waals surface area contributed by atoms with Crippen molar-refractivity contribution >= 4 is 33.2 Å². The number of hydrogen-bond acceptors (Lipinski definition) is 2. The second-order valence-electron chi connectivity index (χ2n) is 4.94. The third-order valence-electron chi connectivity index (χ3n) is 3.24. The van der Waals surface area contributed by atoms with Gasteiger partial charge in [-0.25, -0.2) is 13.1 Å². The van der Waals surface area contributed by atoms with Gasteiger partial charge in [-0.3, -0.25) is 0 Å². The van der Waals surface area contributed by atoms with Crippen LogP contribution in [0.15, 0.2) is 29.8 Å². The van der Waals surface area contributed by atoms with E-state index in [0.717, 1.165) is 19.3 Å². The lowest BCUT2D eigenvalue weighted by molar-refractivity contribution is 0.581. The maximum absolute atomic E-state index is 12.0. The molecule has 110 valence electrons. The molecular weight excluding hydrogens is 317 g/mol.